The molecular formula is C13H11NO4. The molecule has 0 atom stereocenters. The third kappa shape index (κ3) is 2.56. The highest BCUT2D eigenvalue weighted by Crippen LogP contribution is 2.17. The molecule has 1 aliphatic rings. The quantitative estimate of drug-likeness (QED) is 0.555. The molecule has 1 aromatic rings. The molecule has 92 valence electrons. The van der Waals surface area contributed by atoms with Gasteiger partial charge in [0.15, 0.2) is 0 Å². The third-order valence-corrected chi connectivity index (χ3v) is 2.39. The van der Waals surface area contributed by atoms with Crippen molar-refractivity contribution < 1.29 is 19.4 Å². The van der Waals surface area contributed by atoms with E-state index in [9.17, 15) is 9.59 Å². The number of nitrogens with zero attached hydrogens (tertiary/aromatic N) is 1. The maximum absolute atomic E-state index is 11.6. The van der Waals surface area contributed by atoms with E-state index < -0.39 is 0 Å². The van der Waals surface area contributed by atoms with Gasteiger partial charge in [0.05, 0.1) is 5.69 Å². The minimum atomic E-state index is -0.375. The van der Waals surface area contributed by atoms with E-state index in [4.69, 9.17) is 9.84 Å². The van der Waals surface area contributed by atoms with Crippen molar-refractivity contribution in [2.45, 2.75) is 0 Å². The van der Waals surface area contributed by atoms with Crippen LogP contribution >= 0.6 is 0 Å². The zero-order valence-electron chi connectivity index (χ0n) is 9.55. The Morgan fingerprint density at radius 1 is 1.17 bits per heavy atom. The van der Waals surface area contributed by atoms with E-state index in [1.807, 2.05) is 0 Å². The Kier molecular flexibility index (Phi) is 3.72. The summed E-state index contributed by atoms with van der Waals surface area (Å²) < 4.78 is 4.83. The normalized spacial score (nSPS) is 15.3. The lowest BCUT2D eigenvalue weighted by atomic mass is 10.2. The van der Waals surface area contributed by atoms with Gasteiger partial charge in [-0.05, 0) is 24.3 Å². The molecule has 5 nitrogen and oxygen atoms in total. The van der Waals surface area contributed by atoms with Gasteiger partial charge in [-0.2, -0.15) is 0 Å². The summed E-state index contributed by atoms with van der Waals surface area (Å²) in [4.78, 5) is 24.3. The van der Waals surface area contributed by atoms with Crippen LogP contribution in [0.15, 0.2) is 24.3 Å². The Hall–Kier alpha value is -2.16. The van der Waals surface area contributed by atoms with Gasteiger partial charge >= 0.3 is 0 Å². The second-order valence-electron chi connectivity index (χ2n) is 3.62. The number of carbonyl (C=O) groups is 2. The molecule has 0 bridgehead atoms. The number of carbonyl (C=O) groups excluding carboxylic acids is 2. The van der Waals surface area contributed by atoms with Crippen molar-refractivity contribution in [1.29, 1.82) is 0 Å². The smallest absolute Gasteiger partial charge is 0.259 e. The summed E-state index contributed by atoms with van der Waals surface area (Å²) in [6, 6.07) is 6.66. The summed E-state index contributed by atoms with van der Waals surface area (Å²) in [7, 11) is 0. The molecule has 0 aromatic heterocycles. The van der Waals surface area contributed by atoms with Crippen molar-refractivity contribution in [3.8, 4) is 11.8 Å². The number of aliphatic hydroxyl groups excluding tert-OH is 1. The summed E-state index contributed by atoms with van der Waals surface area (Å²) >= 11 is 0. The molecule has 2 amide bonds. The fourth-order valence-corrected chi connectivity index (χ4v) is 1.62. The number of ether oxygens (including phenoxy) is 1. The summed E-state index contributed by atoms with van der Waals surface area (Å²) in [6.45, 7) is -0.377. The first kappa shape index (κ1) is 12.3. The predicted molar refractivity (Wildman–Crippen MR) is 63.7 cm³/mol. The number of rotatable bonds is 1. The average molecular weight is 245 g/mol. The van der Waals surface area contributed by atoms with Crippen LogP contribution < -0.4 is 4.90 Å². The maximum atomic E-state index is 11.6. The molecule has 1 aliphatic heterocycles. The molecule has 0 saturated carbocycles. The predicted octanol–water partition coefficient (Wildman–Crippen LogP) is -0.0798. The summed E-state index contributed by atoms with van der Waals surface area (Å²) in [6.07, 6.45) is 0. The van der Waals surface area contributed by atoms with Crippen LogP contribution in [-0.4, -0.2) is 36.7 Å². The monoisotopic (exact) mass is 245 g/mol. The van der Waals surface area contributed by atoms with Crippen molar-refractivity contribution in [1.82, 2.24) is 0 Å². The van der Waals surface area contributed by atoms with E-state index in [0.717, 1.165) is 4.90 Å². The number of benzene rings is 1. The van der Waals surface area contributed by atoms with Crippen LogP contribution in [0.2, 0.25) is 0 Å². The fourth-order valence-electron chi connectivity index (χ4n) is 1.62. The van der Waals surface area contributed by atoms with Gasteiger partial charge in [-0.15, -0.1) is 0 Å². The second kappa shape index (κ2) is 5.45. The lowest BCUT2D eigenvalue weighted by molar-refractivity contribution is -0.138. The SMILES string of the molecule is O=C1COCC(=O)N1c1ccc(C#CCO)cc1. The minimum Gasteiger partial charge on any atom is -0.384 e. The molecule has 0 aliphatic carbocycles. The lowest BCUT2D eigenvalue weighted by Crippen LogP contribution is -2.46. The minimum absolute atomic E-state index is 0.0855. The molecule has 0 unspecified atom stereocenters. The highest BCUT2D eigenvalue weighted by atomic mass is 16.5. The largest absolute Gasteiger partial charge is 0.384 e. The number of hydrogen-bond acceptors (Lipinski definition) is 4. The van der Waals surface area contributed by atoms with E-state index in [-0.39, 0.29) is 31.6 Å². The standard InChI is InChI=1S/C13H11NO4/c15-7-1-2-10-3-5-11(6-4-10)14-12(16)8-18-9-13(14)17/h3-6,15H,7-9H2. The van der Waals surface area contributed by atoms with Gasteiger partial charge in [-0.1, -0.05) is 11.8 Å². The van der Waals surface area contributed by atoms with Crippen LogP contribution in [0.25, 0.3) is 0 Å². The van der Waals surface area contributed by atoms with Crippen molar-refractivity contribution >= 4 is 17.5 Å². The Labute approximate surface area is 104 Å². The number of morpholine rings is 1. The molecule has 0 radical (unpaired) electrons. The highest BCUT2D eigenvalue weighted by molar-refractivity contribution is 6.16. The molecule has 2 rings (SSSR count). The third-order valence-electron chi connectivity index (χ3n) is 2.39. The van der Waals surface area contributed by atoms with Gasteiger partial charge in [0.1, 0.15) is 19.8 Å². The zero-order valence-corrected chi connectivity index (χ0v) is 9.55. The molecular weight excluding hydrogens is 234 g/mol. The average Bonchev–Trinajstić information content (AvgIpc) is 2.37. The Morgan fingerprint density at radius 2 is 1.78 bits per heavy atom. The topological polar surface area (TPSA) is 66.8 Å². The van der Waals surface area contributed by atoms with E-state index in [0.29, 0.717) is 11.3 Å². The Morgan fingerprint density at radius 3 is 2.33 bits per heavy atom. The van der Waals surface area contributed by atoms with Gasteiger partial charge in [-0.25, -0.2) is 4.90 Å². The first-order valence-corrected chi connectivity index (χ1v) is 5.35. The molecule has 18 heavy (non-hydrogen) atoms. The van der Waals surface area contributed by atoms with Gasteiger partial charge < -0.3 is 9.84 Å². The van der Waals surface area contributed by atoms with E-state index in [1.165, 1.54) is 0 Å². The van der Waals surface area contributed by atoms with Crippen LogP contribution in [0.4, 0.5) is 5.69 Å². The highest BCUT2D eigenvalue weighted by Gasteiger charge is 2.27. The van der Waals surface area contributed by atoms with Crippen LogP contribution in [0.5, 0.6) is 0 Å². The van der Waals surface area contributed by atoms with Crippen molar-refractivity contribution in [2.75, 3.05) is 24.7 Å². The summed E-state index contributed by atoms with van der Waals surface area (Å²) in [5.74, 6) is 4.50. The summed E-state index contributed by atoms with van der Waals surface area (Å²) in [5, 5.41) is 8.57. The van der Waals surface area contributed by atoms with Crippen molar-refractivity contribution in [3.05, 3.63) is 29.8 Å². The molecule has 1 heterocycles. The first-order chi connectivity index (χ1) is 8.72. The van der Waals surface area contributed by atoms with E-state index >= 15 is 0 Å². The van der Waals surface area contributed by atoms with E-state index in [2.05, 4.69) is 11.8 Å². The molecule has 1 fully saturated rings. The van der Waals surface area contributed by atoms with Gasteiger partial charge in [0.2, 0.25) is 0 Å². The number of anilines is 1. The van der Waals surface area contributed by atoms with Crippen molar-refractivity contribution in [2.24, 2.45) is 0 Å². The molecule has 5 heteroatoms. The number of hydrogen-bond donors (Lipinski definition) is 1. The maximum Gasteiger partial charge on any atom is 0.259 e. The first-order valence-electron chi connectivity index (χ1n) is 5.35. The van der Waals surface area contributed by atoms with E-state index in [1.54, 1.807) is 24.3 Å². The molecule has 1 N–H and O–H groups in total. The second-order valence-corrected chi connectivity index (χ2v) is 3.62. The van der Waals surface area contributed by atoms with Crippen LogP contribution in [0.1, 0.15) is 5.56 Å². The zero-order chi connectivity index (χ0) is 13.0. The Balaban J connectivity index is 2.23. The number of aliphatic hydroxyl groups is 1. The van der Waals surface area contributed by atoms with Gasteiger partial charge in [0, 0.05) is 5.56 Å². The molecule has 0 spiro atoms. The summed E-state index contributed by atoms with van der Waals surface area (Å²) in [5.41, 5.74) is 1.21. The van der Waals surface area contributed by atoms with Crippen LogP contribution in [0.3, 0.4) is 0 Å². The van der Waals surface area contributed by atoms with Crippen LogP contribution in [0, 0.1) is 11.8 Å². The lowest BCUT2D eigenvalue weighted by Gasteiger charge is -2.24. The fraction of sp³-hybridized carbons (Fsp3) is 0.231. The number of imide groups is 1. The molecule has 1 saturated heterocycles. The van der Waals surface area contributed by atoms with Gasteiger partial charge in [0.25, 0.3) is 11.8 Å². The Bertz CT molecular complexity index is 508. The van der Waals surface area contributed by atoms with Gasteiger partial charge in [-0.3, -0.25) is 9.59 Å². The van der Waals surface area contributed by atoms with Crippen LogP contribution in [-0.2, 0) is 14.3 Å². The number of amides is 2. The molecule has 1 aromatic carbocycles. The van der Waals surface area contributed by atoms with Crippen molar-refractivity contribution in [3.63, 3.8) is 0 Å².